The number of pyridine rings is 1. The summed E-state index contributed by atoms with van der Waals surface area (Å²) in [6, 6.07) is 3.24. The Balaban J connectivity index is 2.49. The van der Waals surface area contributed by atoms with Crippen LogP contribution >= 0.6 is 0 Å². The van der Waals surface area contributed by atoms with Gasteiger partial charge in [0, 0.05) is 5.69 Å². The van der Waals surface area contributed by atoms with Crippen molar-refractivity contribution >= 4 is 5.69 Å². The summed E-state index contributed by atoms with van der Waals surface area (Å²) < 4.78 is 38.9. The standard InChI is InChI=1S/C16H23F3N2O/c1-10(2)15(11(3)4)8-7-12-5-6-13(14(22)21(12)15)20-9-16(17,18)19/h5-6,10-11,20H,7-9H2,1-4H3. The summed E-state index contributed by atoms with van der Waals surface area (Å²) in [5, 5.41) is 2.24. The van der Waals surface area contributed by atoms with Gasteiger partial charge in [0.2, 0.25) is 0 Å². The van der Waals surface area contributed by atoms with Crippen molar-refractivity contribution in [2.24, 2.45) is 11.8 Å². The normalized spacial score (nSPS) is 17.1. The summed E-state index contributed by atoms with van der Waals surface area (Å²) in [7, 11) is 0. The number of hydrogen-bond donors (Lipinski definition) is 1. The van der Waals surface area contributed by atoms with Crippen LogP contribution in [0.2, 0.25) is 0 Å². The minimum absolute atomic E-state index is 0.0219. The molecular weight excluding hydrogens is 293 g/mol. The Kier molecular flexibility index (Phi) is 4.33. The third kappa shape index (κ3) is 2.75. The molecule has 0 aromatic carbocycles. The highest BCUT2D eigenvalue weighted by molar-refractivity contribution is 5.43. The van der Waals surface area contributed by atoms with Crippen molar-refractivity contribution in [2.45, 2.75) is 52.3 Å². The van der Waals surface area contributed by atoms with E-state index in [2.05, 4.69) is 33.0 Å². The SMILES string of the molecule is CC(C)C1(C(C)C)CCc2ccc(NCC(F)(F)F)c(=O)n21. The molecule has 0 unspecified atom stereocenters. The molecule has 0 saturated heterocycles. The highest BCUT2D eigenvalue weighted by Crippen LogP contribution is 2.43. The molecule has 0 aliphatic carbocycles. The maximum absolute atomic E-state index is 12.7. The smallest absolute Gasteiger partial charge is 0.372 e. The van der Waals surface area contributed by atoms with Gasteiger partial charge in [-0.05, 0) is 36.8 Å². The van der Waals surface area contributed by atoms with Gasteiger partial charge in [-0.2, -0.15) is 13.2 Å². The van der Waals surface area contributed by atoms with Crippen LogP contribution in [0.5, 0.6) is 0 Å². The van der Waals surface area contributed by atoms with E-state index in [4.69, 9.17) is 0 Å². The zero-order valence-corrected chi connectivity index (χ0v) is 13.4. The Labute approximate surface area is 128 Å². The van der Waals surface area contributed by atoms with Crippen LogP contribution in [0, 0.1) is 11.8 Å². The van der Waals surface area contributed by atoms with Crippen molar-refractivity contribution in [3.05, 3.63) is 28.2 Å². The van der Waals surface area contributed by atoms with Crippen molar-refractivity contribution in [1.29, 1.82) is 0 Å². The molecule has 0 radical (unpaired) electrons. The lowest BCUT2D eigenvalue weighted by Gasteiger charge is -2.40. The molecule has 2 heterocycles. The van der Waals surface area contributed by atoms with Gasteiger partial charge in [-0.3, -0.25) is 4.79 Å². The van der Waals surface area contributed by atoms with E-state index in [1.54, 1.807) is 10.6 Å². The predicted molar refractivity (Wildman–Crippen MR) is 81.2 cm³/mol. The largest absolute Gasteiger partial charge is 0.405 e. The lowest BCUT2D eigenvalue weighted by molar-refractivity contribution is -0.115. The first-order chi connectivity index (χ1) is 10.1. The molecule has 0 atom stereocenters. The molecule has 0 fully saturated rings. The number of halogens is 3. The summed E-state index contributed by atoms with van der Waals surface area (Å²) in [5.74, 6) is 0.452. The first-order valence-electron chi connectivity index (χ1n) is 7.65. The number of aromatic nitrogens is 1. The van der Waals surface area contributed by atoms with Gasteiger partial charge in [-0.15, -0.1) is 0 Å². The molecular formula is C16H23F3N2O. The van der Waals surface area contributed by atoms with E-state index >= 15 is 0 Å². The van der Waals surface area contributed by atoms with Crippen LogP contribution in [-0.2, 0) is 12.0 Å². The van der Waals surface area contributed by atoms with Gasteiger partial charge in [-0.25, -0.2) is 0 Å². The average molecular weight is 316 g/mol. The molecule has 1 aromatic rings. The van der Waals surface area contributed by atoms with Gasteiger partial charge >= 0.3 is 6.18 Å². The Morgan fingerprint density at radius 2 is 1.82 bits per heavy atom. The van der Waals surface area contributed by atoms with Crippen LogP contribution in [0.25, 0.3) is 0 Å². The molecule has 0 spiro atoms. The summed E-state index contributed by atoms with van der Waals surface area (Å²) >= 11 is 0. The third-order valence-electron chi connectivity index (χ3n) is 4.84. The zero-order chi connectivity index (χ0) is 16.7. The predicted octanol–water partition coefficient (Wildman–Crippen LogP) is 3.78. The Morgan fingerprint density at radius 1 is 1.23 bits per heavy atom. The molecule has 2 rings (SSSR count). The maximum Gasteiger partial charge on any atom is 0.405 e. The number of nitrogens with zero attached hydrogens (tertiary/aromatic N) is 1. The fraction of sp³-hybridized carbons (Fsp3) is 0.688. The van der Waals surface area contributed by atoms with E-state index in [0.29, 0.717) is 0 Å². The first kappa shape index (κ1) is 16.9. The number of rotatable bonds is 4. The van der Waals surface area contributed by atoms with E-state index in [-0.39, 0.29) is 28.6 Å². The highest BCUT2D eigenvalue weighted by atomic mass is 19.4. The molecule has 22 heavy (non-hydrogen) atoms. The van der Waals surface area contributed by atoms with Crippen LogP contribution in [0.1, 0.15) is 39.8 Å². The molecule has 1 N–H and O–H groups in total. The van der Waals surface area contributed by atoms with E-state index in [0.717, 1.165) is 18.5 Å². The summed E-state index contributed by atoms with van der Waals surface area (Å²) in [6.45, 7) is 7.07. The molecule has 0 amide bonds. The molecule has 0 saturated carbocycles. The number of anilines is 1. The number of alkyl halides is 3. The fourth-order valence-electron chi connectivity index (χ4n) is 3.76. The lowest BCUT2D eigenvalue weighted by Crippen LogP contribution is -2.47. The number of hydrogen-bond acceptors (Lipinski definition) is 2. The minimum atomic E-state index is -4.34. The third-order valence-corrected chi connectivity index (χ3v) is 4.84. The Hall–Kier alpha value is -1.46. The van der Waals surface area contributed by atoms with Crippen molar-refractivity contribution < 1.29 is 13.2 Å². The fourth-order valence-corrected chi connectivity index (χ4v) is 3.76. The summed E-state index contributed by atoms with van der Waals surface area (Å²) in [4.78, 5) is 12.7. The average Bonchev–Trinajstić information content (AvgIpc) is 2.78. The summed E-state index contributed by atoms with van der Waals surface area (Å²) in [6.07, 6.45) is -2.71. The number of fused-ring (bicyclic) bond motifs is 1. The van der Waals surface area contributed by atoms with E-state index in [9.17, 15) is 18.0 Å². The van der Waals surface area contributed by atoms with Crippen LogP contribution in [0.15, 0.2) is 16.9 Å². The lowest BCUT2D eigenvalue weighted by atomic mass is 9.75. The van der Waals surface area contributed by atoms with E-state index in [1.807, 2.05) is 0 Å². The molecule has 1 aromatic heterocycles. The molecule has 1 aliphatic rings. The van der Waals surface area contributed by atoms with Crippen LogP contribution in [0.3, 0.4) is 0 Å². The van der Waals surface area contributed by atoms with Crippen LogP contribution < -0.4 is 10.9 Å². The molecule has 0 bridgehead atoms. The topological polar surface area (TPSA) is 34.0 Å². The first-order valence-corrected chi connectivity index (χ1v) is 7.65. The highest BCUT2D eigenvalue weighted by Gasteiger charge is 2.44. The quantitative estimate of drug-likeness (QED) is 0.917. The second-order valence-electron chi connectivity index (χ2n) is 6.65. The van der Waals surface area contributed by atoms with Crippen molar-refractivity contribution in [3.63, 3.8) is 0 Å². The van der Waals surface area contributed by atoms with Crippen LogP contribution in [-0.4, -0.2) is 17.3 Å². The number of aryl methyl sites for hydroxylation is 1. The van der Waals surface area contributed by atoms with Gasteiger partial charge in [0.1, 0.15) is 12.2 Å². The van der Waals surface area contributed by atoms with Gasteiger partial charge in [0.05, 0.1) is 5.54 Å². The van der Waals surface area contributed by atoms with Crippen molar-refractivity contribution in [3.8, 4) is 0 Å². The van der Waals surface area contributed by atoms with Crippen LogP contribution in [0.4, 0.5) is 18.9 Å². The Morgan fingerprint density at radius 3 is 2.32 bits per heavy atom. The molecule has 124 valence electrons. The second-order valence-corrected chi connectivity index (χ2v) is 6.65. The molecule has 6 heteroatoms. The molecule has 3 nitrogen and oxygen atoms in total. The number of nitrogens with one attached hydrogen (secondary N) is 1. The van der Waals surface area contributed by atoms with Gasteiger partial charge in [0.25, 0.3) is 5.56 Å². The zero-order valence-electron chi connectivity index (χ0n) is 13.4. The maximum atomic E-state index is 12.7. The second kappa shape index (κ2) is 5.63. The van der Waals surface area contributed by atoms with Gasteiger partial charge in [0.15, 0.2) is 0 Å². The van der Waals surface area contributed by atoms with Gasteiger partial charge in [-0.1, -0.05) is 27.7 Å². The van der Waals surface area contributed by atoms with Crippen molar-refractivity contribution in [2.75, 3.05) is 11.9 Å². The van der Waals surface area contributed by atoms with E-state index < -0.39 is 12.7 Å². The monoisotopic (exact) mass is 316 g/mol. The summed E-state index contributed by atoms with van der Waals surface area (Å²) in [5.41, 5.74) is 0.253. The van der Waals surface area contributed by atoms with Gasteiger partial charge < -0.3 is 9.88 Å². The minimum Gasteiger partial charge on any atom is -0.372 e. The molecule has 1 aliphatic heterocycles. The van der Waals surface area contributed by atoms with E-state index in [1.165, 1.54) is 6.07 Å². The Bertz CT molecular complexity index is 594. The van der Waals surface area contributed by atoms with Crippen molar-refractivity contribution in [1.82, 2.24) is 4.57 Å².